The van der Waals surface area contributed by atoms with E-state index in [1.54, 1.807) is 0 Å². The van der Waals surface area contributed by atoms with Crippen molar-refractivity contribution in [2.45, 2.75) is 30.8 Å². The third-order valence-electron chi connectivity index (χ3n) is 4.34. The van der Waals surface area contributed by atoms with Gasteiger partial charge in [0.1, 0.15) is 24.5 Å². The molecule has 20 heteroatoms. The normalized spacial score (nSPS) is 23.5. The molecule has 0 saturated carbocycles. The standard InChI is InChI=1S/C14H18N6O9.H4NO3P/c15-14-17-10-6(11(27)18-14)16-3-20(10)13-8(26)7(25)9(29-13)12(28)19(1-4(21)22)2-5(23)24;1-5(2,3)4/h3,7-9,12-13,25-26,28H,1-2H2,(H,21,22)(H,23,24)(H3,15,17,18,27);(H4,1,2,3,4)/t7-,8+,9-,12?,13+;/m0./s1. The molecule has 2 aromatic rings. The summed E-state index contributed by atoms with van der Waals surface area (Å²) in [6, 6.07) is 0. The first kappa shape index (κ1) is 27.2. The third kappa shape index (κ3) is 6.76. The number of anilines is 1. The lowest BCUT2D eigenvalue weighted by atomic mass is 10.1. The van der Waals surface area contributed by atoms with Crippen LogP contribution in [0.4, 0.5) is 5.95 Å². The van der Waals surface area contributed by atoms with Crippen molar-refractivity contribution in [2.24, 2.45) is 5.50 Å². The number of ether oxygens (including phenoxy) is 1. The Morgan fingerprint density at radius 2 is 1.76 bits per heavy atom. The predicted octanol–water partition coefficient (Wildman–Crippen LogP) is -4.85. The number of aliphatic carboxylic acids is 2. The van der Waals surface area contributed by atoms with E-state index in [0.29, 0.717) is 4.90 Å². The number of aliphatic hydroxyl groups is 3. The number of aliphatic hydroxyl groups excluding tert-OH is 3. The zero-order valence-electron chi connectivity index (χ0n) is 16.9. The Morgan fingerprint density at radius 1 is 1.24 bits per heavy atom. The summed E-state index contributed by atoms with van der Waals surface area (Å²) in [7, 11) is -4.14. The number of rotatable bonds is 7. The first-order chi connectivity index (χ1) is 15.6. The molecule has 1 fully saturated rings. The van der Waals surface area contributed by atoms with Gasteiger partial charge < -0.3 is 45.8 Å². The fourth-order valence-electron chi connectivity index (χ4n) is 3.09. The molecular weight excluding hydrogens is 489 g/mol. The van der Waals surface area contributed by atoms with Crippen LogP contribution in [0.3, 0.4) is 0 Å². The maximum atomic E-state index is 11.9. The zero-order valence-corrected chi connectivity index (χ0v) is 17.8. The van der Waals surface area contributed by atoms with Gasteiger partial charge in [-0.15, -0.1) is 0 Å². The summed E-state index contributed by atoms with van der Waals surface area (Å²) in [4.78, 5) is 59.2. The number of carboxylic acid groups (broad SMARTS) is 2. The van der Waals surface area contributed by atoms with Gasteiger partial charge in [-0.2, -0.15) is 4.98 Å². The molecule has 12 N–H and O–H groups in total. The van der Waals surface area contributed by atoms with E-state index in [1.807, 2.05) is 0 Å². The van der Waals surface area contributed by atoms with Crippen LogP contribution in [0.15, 0.2) is 11.1 Å². The largest absolute Gasteiger partial charge is 0.480 e. The number of hydrogen-bond acceptors (Lipinski definition) is 12. The Kier molecular flexibility index (Phi) is 8.42. The summed E-state index contributed by atoms with van der Waals surface area (Å²) in [6.07, 6.45) is -7.10. The number of imidazole rings is 1. The highest BCUT2D eigenvalue weighted by Crippen LogP contribution is 2.33. The molecular formula is C14H22N7O12P. The highest BCUT2D eigenvalue weighted by atomic mass is 31.2. The van der Waals surface area contributed by atoms with Crippen LogP contribution in [0.2, 0.25) is 0 Å². The van der Waals surface area contributed by atoms with Gasteiger partial charge in [0, 0.05) is 0 Å². The van der Waals surface area contributed by atoms with Gasteiger partial charge in [-0.25, -0.2) is 15.1 Å². The number of H-pyrrole nitrogens is 1. The maximum absolute atomic E-state index is 11.9. The molecule has 19 nitrogen and oxygen atoms in total. The lowest BCUT2D eigenvalue weighted by Crippen LogP contribution is -2.52. The third-order valence-corrected chi connectivity index (χ3v) is 4.34. The van der Waals surface area contributed by atoms with E-state index >= 15 is 0 Å². The van der Waals surface area contributed by atoms with E-state index < -0.39 is 69.1 Å². The van der Waals surface area contributed by atoms with Gasteiger partial charge in [-0.05, 0) is 0 Å². The first-order valence-electron chi connectivity index (χ1n) is 9.04. The number of nitrogens with one attached hydrogen (secondary N) is 1. The lowest BCUT2D eigenvalue weighted by molar-refractivity contribution is -0.163. The van der Waals surface area contributed by atoms with E-state index in [9.17, 15) is 29.7 Å². The van der Waals surface area contributed by atoms with Crippen molar-refractivity contribution < 1.29 is 54.2 Å². The first-order valence-corrected chi connectivity index (χ1v) is 10.7. The van der Waals surface area contributed by atoms with Gasteiger partial charge >= 0.3 is 19.7 Å². The summed E-state index contributed by atoms with van der Waals surface area (Å²) in [5.74, 6) is -3.08. The fourth-order valence-corrected chi connectivity index (χ4v) is 3.09. The molecule has 0 aliphatic carbocycles. The molecule has 0 aromatic carbocycles. The molecule has 0 bridgehead atoms. The molecule has 1 aliphatic rings. The van der Waals surface area contributed by atoms with Crippen LogP contribution in [0.25, 0.3) is 11.2 Å². The van der Waals surface area contributed by atoms with Gasteiger partial charge in [0.2, 0.25) is 5.95 Å². The number of aromatic amines is 1. The quantitative estimate of drug-likeness (QED) is 0.123. The minimum atomic E-state index is -4.14. The molecule has 0 radical (unpaired) electrons. The summed E-state index contributed by atoms with van der Waals surface area (Å²) in [5, 5.41) is 48.9. The molecule has 0 spiro atoms. The van der Waals surface area contributed by atoms with E-state index in [0.717, 1.165) is 10.9 Å². The van der Waals surface area contributed by atoms with Gasteiger partial charge in [0.05, 0.1) is 19.4 Å². The van der Waals surface area contributed by atoms with Gasteiger partial charge in [0.15, 0.2) is 17.4 Å². The number of nitrogen functional groups attached to an aromatic ring is 1. The van der Waals surface area contributed by atoms with Crippen LogP contribution in [0, 0.1) is 0 Å². The van der Waals surface area contributed by atoms with Crippen molar-refractivity contribution in [3.05, 3.63) is 16.7 Å². The molecule has 5 atom stereocenters. The van der Waals surface area contributed by atoms with Crippen molar-refractivity contribution >= 4 is 36.8 Å². The minimum absolute atomic E-state index is 0.0643. The van der Waals surface area contributed by atoms with E-state index in [2.05, 4.69) is 20.5 Å². The average Bonchev–Trinajstić information content (AvgIpc) is 3.20. The molecule has 34 heavy (non-hydrogen) atoms. The van der Waals surface area contributed by atoms with Crippen LogP contribution in [-0.2, 0) is 18.9 Å². The molecule has 190 valence electrons. The van der Waals surface area contributed by atoms with Crippen LogP contribution >= 0.6 is 7.75 Å². The number of nitrogens with zero attached hydrogens (tertiary/aromatic N) is 4. The molecule has 2 aromatic heterocycles. The van der Waals surface area contributed by atoms with Crippen molar-refractivity contribution in [1.82, 2.24) is 24.4 Å². The SMILES string of the molecule is NP(=O)(O)O.Nc1nc2c(ncn2[C@@H]2O[C@H](C(O)N(CC(=O)O)CC(=O)O)[C@@H](O)[C@H]2O)c(=O)[nH]1. The summed E-state index contributed by atoms with van der Waals surface area (Å²) in [6.45, 7) is -1.72. The predicted molar refractivity (Wildman–Crippen MR) is 108 cm³/mol. The number of carbonyl (C=O) groups is 2. The van der Waals surface area contributed by atoms with Crippen LogP contribution in [0.5, 0.6) is 0 Å². The molecule has 1 unspecified atom stereocenters. The van der Waals surface area contributed by atoms with Crippen molar-refractivity contribution in [1.29, 1.82) is 0 Å². The summed E-state index contributed by atoms with van der Waals surface area (Å²) >= 11 is 0. The molecule has 3 rings (SSSR count). The van der Waals surface area contributed by atoms with E-state index in [4.69, 9.17) is 35.0 Å². The number of fused-ring (bicyclic) bond motifs is 1. The summed E-state index contributed by atoms with van der Waals surface area (Å²) in [5.41, 5.74) is 8.69. The smallest absolute Gasteiger partial charge is 0.397 e. The van der Waals surface area contributed by atoms with Gasteiger partial charge in [0.25, 0.3) is 5.56 Å². The number of carboxylic acids is 2. The Balaban J connectivity index is 0.000000739. The molecule has 1 aliphatic heterocycles. The topological polar surface area (TPSA) is 321 Å². The molecule has 0 amide bonds. The summed E-state index contributed by atoms with van der Waals surface area (Å²) < 4.78 is 15.7. The lowest BCUT2D eigenvalue weighted by Gasteiger charge is -2.30. The van der Waals surface area contributed by atoms with Crippen molar-refractivity contribution in [3.63, 3.8) is 0 Å². The van der Waals surface area contributed by atoms with Crippen molar-refractivity contribution in [3.8, 4) is 0 Å². The number of hydrogen-bond donors (Lipinski definition) is 10. The Bertz CT molecular complexity index is 1120. The van der Waals surface area contributed by atoms with Gasteiger partial charge in [-0.3, -0.25) is 28.8 Å². The Morgan fingerprint density at radius 3 is 2.26 bits per heavy atom. The van der Waals surface area contributed by atoms with Crippen LogP contribution < -0.4 is 16.8 Å². The average molecular weight is 511 g/mol. The van der Waals surface area contributed by atoms with E-state index in [1.165, 1.54) is 0 Å². The van der Waals surface area contributed by atoms with Crippen LogP contribution in [0.1, 0.15) is 6.23 Å². The van der Waals surface area contributed by atoms with Gasteiger partial charge in [-0.1, -0.05) is 0 Å². The maximum Gasteiger partial charge on any atom is 0.397 e. The zero-order chi connectivity index (χ0) is 26.0. The second-order valence-electron chi connectivity index (χ2n) is 6.94. The highest BCUT2D eigenvalue weighted by molar-refractivity contribution is 7.49. The second-order valence-corrected chi connectivity index (χ2v) is 8.12. The van der Waals surface area contributed by atoms with Crippen LogP contribution in [-0.4, -0.2) is 109 Å². The number of nitrogens with two attached hydrogens (primary N) is 2. The minimum Gasteiger partial charge on any atom is -0.480 e. The molecule has 3 heterocycles. The van der Waals surface area contributed by atoms with Crippen molar-refractivity contribution in [2.75, 3.05) is 18.8 Å². The fraction of sp³-hybridized carbons (Fsp3) is 0.500. The number of aromatic nitrogens is 4. The highest BCUT2D eigenvalue weighted by Gasteiger charge is 2.49. The Labute approximate surface area is 188 Å². The van der Waals surface area contributed by atoms with E-state index in [-0.39, 0.29) is 17.1 Å². The second kappa shape index (κ2) is 10.5. The monoisotopic (exact) mass is 511 g/mol. The Hall–Kier alpha value is -3.00. The molecule has 1 saturated heterocycles.